The summed E-state index contributed by atoms with van der Waals surface area (Å²) in [5.41, 5.74) is 2.44. The Bertz CT molecular complexity index is 1310. The molecule has 0 atom stereocenters. The van der Waals surface area contributed by atoms with Crippen LogP contribution in [0.4, 0.5) is 17.1 Å². The minimum Gasteiger partial charge on any atom is -0.507 e. The smallest absolute Gasteiger partial charge is 0.295 e. The number of para-hydroxylation sites is 2. The molecule has 11 nitrogen and oxygen atoms in total. The molecule has 0 amide bonds. The molecule has 0 aliphatic carbocycles. The molecule has 0 radical (unpaired) electrons. The minimum absolute atomic E-state index is 0.0464. The maximum atomic E-state index is 12.8. The van der Waals surface area contributed by atoms with Crippen LogP contribution in [-0.2, 0) is 10.0 Å². The van der Waals surface area contributed by atoms with Crippen molar-refractivity contribution in [1.82, 2.24) is 0 Å². The number of ether oxygens (including phenoxy) is 2. The van der Waals surface area contributed by atoms with Crippen molar-refractivity contribution >= 4 is 33.3 Å². The van der Waals surface area contributed by atoms with E-state index in [1.54, 1.807) is 24.3 Å². The Labute approximate surface area is 189 Å². The molecule has 3 aromatic rings. The topological polar surface area (TPSA) is 152 Å². The lowest BCUT2D eigenvalue weighted by molar-refractivity contribution is -0.384. The van der Waals surface area contributed by atoms with Crippen LogP contribution in [0.2, 0.25) is 0 Å². The Balaban J connectivity index is 1.87. The first kappa shape index (κ1) is 23.3. The molecule has 3 rings (SSSR count). The Morgan fingerprint density at radius 3 is 2.48 bits per heavy atom. The Hall–Kier alpha value is -4.32. The van der Waals surface area contributed by atoms with Gasteiger partial charge in [0.15, 0.2) is 0 Å². The van der Waals surface area contributed by atoms with Gasteiger partial charge in [0.1, 0.15) is 22.9 Å². The highest BCUT2D eigenvalue weighted by atomic mass is 32.2. The minimum atomic E-state index is -4.14. The zero-order chi connectivity index (χ0) is 24.0. The van der Waals surface area contributed by atoms with Gasteiger partial charge in [-0.2, -0.15) is 5.10 Å². The van der Waals surface area contributed by atoms with Gasteiger partial charge >= 0.3 is 0 Å². The summed E-state index contributed by atoms with van der Waals surface area (Å²) < 4.78 is 38.1. The highest BCUT2D eigenvalue weighted by molar-refractivity contribution is 7.92. The van der Waals surface area contributed by atoms with Crippen molar-refractivity contribution in [2.24, 2.45) is 5.10 Å². The van der Waals surface area contributed by atoms with Gasteiger partial charge in [-0.15, -0.1) is 0 Å². The van der Waals surface area contributed by atoms with Crippen LogP contribution in [0.15, 0.2) is 70.7 Å². The number of rotatable bonds is 9. The van der Waals surface area contributed by atoms with Gasteiger partial charge in [0.25, 0.3) is 15.7 Å². The summed E-state index contributed by atoms with van der Waals surface area (Å²) in [5, 5.41) is 25.3. The molecule has 0 bridgehead atoms. The van der Waals surface area contributed by atoms with Crippen molar-refractivity contribution in [3.63, 3.8) is 0 Å². The molecule has 0 unspecified atom stereocenters. The average molecular weight is 472 g/mol. The summed E-state index contributed by atoms with van der Waals surface area (Å²) in [6, 6.07) is 14.2. The number of anilines is 2. The molecule has 0 aliphatic rings. The van der Waals surface area contributed by atoms with Crippen LogP contribution in [0.25, 0.3) is 0 Å². The molecule has 12 heteroatoms. The van der Waals surface area contributed by atoms with Gasteiger partial charge in [-0.25, -0.2) is 8.42 Å². The van der Waals surface area contributed by atoms with E-state index < -0.39 is 20.6 Å². The van der Waals surface area contributed by atoms with E-state index >= 15 is 0 Å². The molecule has 33 heavy (non-hydrogen) atoms. The number of nitro benzene ring substituents is 1. The number of aromatic hydroxyl groups is 1. The van der Waals surface area contributed by atoms with Crippen molar-refractivity contribution in [2.45, 2.75) is 4.90 Å². The Morgan fingerprint density at radius 2 is 1.79 bits per heavy atom. The van der Waals surface area contributed by atoms with Crippen molar-refractivity contribution in [3.05, 3.63) is 76.3 Å². The second kappa shape index (κ2) is 9.87. The molecular weight excluding hydrogens is 452 g/mol. The monoisotopic (exact) mass is 472 g/mol. The van der Waals surface area contributed by atoms with Crippen molar-refractivity contribution < 1.29 is 27.9 Å². The third kappa shape index (κ3) is 5.49. The fourth-order valence-corrected chi connectivity index (χ4v) is 3.88. The van der Waals surface area contributed by atoms with Gasteiger partial charge in [-0.1, -0.05) is 12.1 Å². The molecule has 3 N–H and O–H groups in total. The fraction of sp³-hybridized carbons (Fsp3) is 0.0952. The van der Waals surface area contributed by atoms with Gasteiger partial charge in [-0.3, -0.25) is 20.3 Å². The molecule has 0 spiro atoms. The van der Waals surface area contributed by atoms with Crippen LogP contribution < -0.4 is 19.6 Å². The van der Waals surface area contributed by atoms with Gasteiger partial charge in [0.05, 0.1) is 35.9 Å². The van der Waals surface area contributed by atoms with E-state index in [-0.39, 0.29) is 22.0 Å². The molecule has 0 fully saturated rings. The number of sulfonamides is 1. The number of nitro groups is 1. The number of hydrogen-bond acceptors (Lipinski definition) is 9. The van der Waals surface area contributed by atoms with E-state index in [4.69, 9.17) is 9.47 Å². The lowest BCUT2D eigenvalue weighted by Crippen LogP contribution is -2.14. The molecule has 172 valence electrons. The quantitative estimate of drug-likeness (QED) is 0.243. The van der Waals surface area contributed by atoms with Crippen LogP contribution in [-0.4, -0.2) is 38.9 Å². The van der Waals surface area contributed by atoms with Crippen molar-refractivity contribution in [3.8, 4) is 17.2 Å². The molecule has 0 aliphatic heterocycles. The lowest BCUT2D eigenvalue weighted by Gasteiger charge is -2.12. The highest BCUT2D eigenvalue weighted by Crippen LogP contribution is 2.31. The Kier molecular flexibility index (Phi) is 6.98. The predicted octanol–water partition coefficient (Wildman–Crippen LogP) is 3.56. The number of phenols is 1. The van der Waals surface area contributed by atoms with Gasteiger partial charge < -0.3 is 14.6 Å². The number of benzene rings is 3. The third-order valence-corrected chi connectivity index (χ3v) is 5.81. The van der Waals surface area contributed by atoms with E-state index in [1.165, 1.54) is 50.8 Å². The largest absolute Gasteiger partial charge is 0.507 e. The zero-order valence-electron chi connectivity index (χ0n) is 17.6. The maximum Gasteiger partial charge on any atom is 0.295 e. The SMILES string of the molecule is COc1ccc(O)c(/C=N/Nc2ccc(S(=O)(=O)Nc3ccccc3OC)cc2[N+](=O)[O-])c1. The molecule has 0 aromatic heterocycles. The number of hydrazone groups is 1. The standard InChI is InChI=1S/C21H20N4O7S/c1-31-15-7-10-20(26)14(11-15)13-22-23-17-9-8-16(12-19(17)25(27)28)33(29,30)24-18-5-3-4-6-21(18)32-2/h3-13,23-24,26H,1-2H3/b22-13+. The average Bonchev–Trinajstić information content (AvgIpc) is 2.80. The molecule has 0 heterocycles. The number of phenolic OH excluding ortho intramolecular Hbond substituents is 1. The van der Waals surface area contributed by atoms with Crippen molar-refractivity contribution in [2.75, 3.05) is 24.4 Å². The third-order valence-electron chi connectivity index (χ3n) is 4.45. The van der Waals surface area contributed by atoms with Crippen LogP contribution in [0.1, 0.15) is 5.56 Å². The van der Waals surface area contributed by atoms with E-state index in [0.29, 0.717) is 17.1 Å². The first-order valence-corrected chi connectivity index (χ1v) is 10.8. The first-order valence-electron chi connectivity index (χ1n) is 9.35. The lowest BCUT2D eigenvalue weighted by atomic mass is 10.2. The van der Waals surface area contributed by atoms with E-state index in [0.717, 1.165) is 6.07 Å². The predicted molar refractivity (Wildman–Crippen MR) is 123 cm³/mol. The second-order valence-corrected chi connectivity index (χ2v) is 8.22. The maximum absolute atomic E-state index is 12.8. The summed E-state index contributed by atoms with van der Waals surface area (Å²) in [4.78, 5) is 10.5. The van der Waals surface area contributed by atoms with Crippen LogP contribution in [0.5, 0.6) is 17.2 Å². The molecule has 0 saturated carbocycles. The summed E-state index contributed by atoms with van der Waals surface area (Å²) in [5.74, 6) is 0.709. The van der Waals surface area contributed by atoms with Gasteiger partial charge in [0, 0.05) is 11.6 Å². The van der Waals surface area contributed by atoms with Gasteiger partial charge in [0.2, 0.25) is 0 Å². The molecular formula is C21H20N4O7S. The highest BCUT2D eigenvalue weighted by Gasteiger charge is 2.22. The molecule has 0 saturated heterocycles. The fourth-order valence-electron chi connectivity index (χ4n) is 2.79. The number of hydrogen-bond donors (Lipinski definition) is 3. The summed E-state index contributed by atoms with van der Waals surface area (Å²) in [7, 11) is -1.28. The molecule has 3 aromatic carbocycles. The summed E-state index contributed by atoms with van der Waals surface area (Å²) >= 11 is 0. The first-order chi connectivity index (χ1) is 15.7. The summed E-state index contributed by atoms with van der Waals surface area (Å²) in [6.07, 6.45) is 1.25. The number of nitrogens with one attached hydrogen (secondary N) is 2. The number of methoxy groups -OCH3 is 2. The normalized spacial score (nSPS) is 11.2. The number of nitrogens with zero attached hydrogens (tertiary/aromatic N) is 2. The van der Waals surface area contributed by atoms with Crippen LogP contribution in [0, 0.1) is 10.1 Å². The zero-order valence-corrected chi connectivity index (χ0v) is 18.4. The second-order valence-electron chi connectivity index (χ2n) is 6.54. The Morgan fingerprint density at radius 1 is 1.03 bits per heavy atom. The van der Waals surface area contributed by atoms with E-state index in [1.807, 2.05) is 0 Å². The van der Waals surface area contributed by atoms with Crippen LogP contribution >= 0.6 is 0 Å². The van der Waals surface area contributed by atoms with E-state index in [2.05, 4.69) is 15.2 Å². The van der Waals surface area contributed by atoms with Crippen molar-refractivity contribution in [1.29, 1.82) is 0 Å². The summed E-state index contributed by atoms with van der Waals surface area (Å²) in [6.45, 7) is 0. The van der Waals surface area contributed by atoms with E-state index in [9.17, 15) is 23.6 Å². The van der Waals surface area contributed by atoms with Gasteiger partial charge in [-0.05, 0) is 42.5 Å². The van der Waals surface area contributed by atoms with Crippen LogP contribution in [0.3, 0.4) is 0 Å².